The van der Waals surface area contributed by atoms with Gasteiger partial charge in [-0.2, -0.15) is 0 Å². The number of hydrogen-bond acceptors (Lipinski definition) is 2. The van der Waals surface area contributed by atoms with Gasteiger partial charge in [-0.15, -0.1) is 0 Å². The lowest BCUT2D eigenvalue weighted by atomic mass is 10.2. The van der Waals surface area contributed by atoms with Gasteiger partial charge in [0.15, 0.2) is 0 Å². The number of hydrogen-bond donors (Lipinski definition) is 2. The molecule has 0 fully saturated rings. The molecule has 0 aliphatic carbocycles. The fourth-order valence-electron chi connectivity index (χ4n) is 3.73. The molecule has 5 aromatic rings. The van der Waals surface area contributed by atoms with Crippen molar-refractivity contribution in [3.8, 4) is 5.69 Å². The van der Waals surface area contributed by atoms with Crippen LogP contribution in [0, 0.1) is 0 Å². The van der Waals surface area contributed by atoms with E-state index in [4.69, 9.17) is 5.73 Å². The molecule has 130 valence electrons. The predicted octanol–water partition coefficient (Wildman–Crippen LogP) is 6.11. The van der Waals surface area contributed by atoms with E-state index in [0.29, 0.717) is 0 Å². The Bertz CT molecular complexity index is 1200. The molecule has 0 amide bonds. The number of nitrogens with two attached hydrogens (primary N) is 1. The molecule has 4 aromatic carbocycles. The van der Waals surface area contributed by atoms with Crippen LogP contribution in [0.4, 0.5) is 17.1 Å². The molecule has 3 N–H and O–H groups in total. The highest BCUT2D eigenvalue weighted by Gasteiger charge is 2.15. The van der Waals surface area contributed by atoms with Crippen molar-refractivity contribution in [1.29, 1.82) is 0 Å². The summed E-state index contributed by atoms with van der Waals surface area (Å²) in [6.07, 6.45) is 0. The second-order valence-corrected chi connectivity index (χ2v) is 6.60. The fourth-order valence-corrected chi connectivity index (χ4v) is 3.73. The summed E-state index contributed by atoms with van der Waals surface area (Å²) in [5, 5.41) is 5.99. The number of rotatable bonds is 3. The number of nitrogen functional groups attached to an aromatic ring is 1. The molecule has 1 heterocycles. The minimum absolute atomic E-state index is 0.721. The van der Waals surface area contributed by atoms with Crippen LogP contribution >= 0.6 is 0 Å². The van der Waals surface area contributed by atoms with Gasteiger partial charge in [-0.1, -0.05) is 60.7 Å². The molecule has 0 saturated carbocycles. The van der Waals surface area contributed by atoms with Crippen LogP contribution in [0.1, 0.15) is 0 Å². The predicted molar refractivity (Wildman–Crippen MR) is 115 cm³/mol. The minimum Gasteiger partial charge on any atom is -0.397 e. The number of nitrogens with zero attached hydrogens (tertiary/aromatic N) is 1. The van der Waals surface area contributed by atoms with Gasteiger partial charge in [-0.05, 0) is 36.4 Å². The first-order valence-electron chi connectivity index (χ1n) is 9.02. The van der Waals surface area contributed by atoms with Gasteiger partial charge < -0.3 is 15.6 Å². The van der Waals surface area contributed by atoms with E-state index in [1.165, 1.54) is 21.8 Å². The van der Waals surface area contributed by atoms with E-state index in [2.05, 4.69) is 64.5 Å². The van der Waals surface area contributed by atoms with Crippen molar-refractivity contribution in [3.05, 3.63) is 97.1 Å². The number of benzene rings is 4. The van der Waals surface area contributed by atoms with E-state index < -0.39 is 0 Å². The van der Waals surface area contributed by atoms with Crippen LogP contribution in [0.2, 0.25) is 0 Å². The third-order valence-corrected chi connectivity index (χ3v) is 4.94. The van der Waals surface area contributed by atoms with E-state index in [-0.39, 0.29) is 0 Å². The standard InChI is InChI=1S/C24H19N3/c25-20-13-8-16-23(24(20)26-17-9-2-1-3-10-17)27-21-14-6-4-11-18(21)19-12-5-7-15-22(19)27/h1-16,26H,25H2. The Hall–Kier alpha value is -3.72. The van der Waals surface area contributed by atoms with E-state index in [1.54, 1.807) is 0 Å². The highest BCUT2D eigenvalue weighted by molar-refractivity contribution is 6.09. The maximum Gasteiger partial charge on any atom is 0.0862 e. The number of anilines is 3. The Kier molecular flexibility index (Phi) is 3.58. The third-order valence-electron chi connectivity index (χ3n) is 4.94. The molecule has 3 heteroatoms. The van der Waals surface area contributed by atoms with Crippen LogP contribution in [0.3, 0.4) is 0 Å². The maximum absolute atomic E-state index is 6.39. The van der Waals surface area contributed by atoms with E-state index in [9.17, 15) is 0 Å². The SMILES string of the molecule is Nc1cccc(-n2c3ccccc3c3ccccc32)c1Nc1ccccc1. The fraction of sp³-hybridized carbons (Fsp3) is 0. The lowest BCUT2D eigenvalue weighted by Gasteiger charge is -2.17. The molecule has 0 atom stereocenters. The molecule has 0 radical (unpaired) electrons. The molecular formula is C24H19N3. The van der Waals surface area contributed by atoms with Gasteiger partial charge in [0.1, 0.15) is 0 Å². The van der Waals surface area contributed by atoms with Crippen LogP contribution in [0.25, 0.3) is 27.5 Å². The Morgan fingerprint density at radius 3 is 1.85 bits per heavy atom. The molecule has 0 bridgehead atoms. The van der Waals surface area contributed by atoms with Gasteiger partial charge in [0.25, 0.3) is 0 Å². The monoisotopic (exact) mass is 349 g/mol. The normalized spacial score (nSPS) is 11.1. The summed E-state index contributed by atoms with van der Waals surface area (Å²) in [6.45, 7) is 0. The topological polar surface area (TPSA) is 43.0 Å². The molecule has 0 aliphatic heterocycles. The Morgan fingerprint density at radius 1 is 0.593 bits per heavy atom. The Balaban J connectivity index is 1.82. The number of para-hydroxylation sites is 4. The first-order chi connectivity index (χ1) is 13.3. The van der Waals surface area contributed by atoms with Gasteiger partial charge in [0, 0.05) is 16.5 Å². The molecule has 0 saturated heterocycles. The molecule has 5 rings (SSSR count). The number of aromatic nitrogens is 1. The molecule has 0 spiro atoms. The van der Waals surface area contributed by atoms with E-state index in [0.717, 1.165) is 22.7 Å². The van der Waals surface area contributed by atoms with Crippen molar-refractivity contribution in [3.63, 3.8) is 0 Å². The van der Waals surface area contributed by atoms with Crippen molar-refractivity contribution < 1.29 is 0 Å². The first-order valence-corrected chi connectivity index (χ1v) is 9.02. The minimum atomic E-state index is 0.721. The first kappa shape index (κ1) is 15.5. The molecule has 0 unspecified atom stereocenters. The lowest BCUT2D eigenvalue weighted by molar-refractivity contribution is 1.18. The third kappa shape index (κ3) is 2.52. The second kappa shape index (κ2) is 6.22. The number of nitrogens with one attached hydrogen (secondary N) is 1. The van der Waals surface area contributed by atoms with Crippen molar-refractivity contribution in [2.75, 3.05) is 11.1 Å². The van der Waals surface area contributed by atoms with Crippen LogP contribution < -0.4 is 11.1 Å². The van der Waals surface area contributed by atoms with Crippen LogP contribution in [0.5, 0.6) is 0 Å². The molecule has 3 nitrogen and oxygen atoms in total. The molecule has 1 aromatic heterocycles. The average Bonchev–Trinajstić information content (AvgIpc) is 3.05. The van der Waals surface area contributed by atoms with Gasteiger partial charge in [0.2, 0.25) is 0 Å². The molecular weight excluding hydrogens is 330 g/mol. The largest absolute Gasteiger partial charge is 0.397 e. The quantitative estimate of drug-likeness (QED) is 0.386. The van der Waals surface area contributed by atoms with Crippen molar-refractivity contribution >= 4 is 38.9 Å². The van der Waals surface area contributed by atoms with Crippen molar-refractivity contribution in [1.82, 2.24) is 4.57 Å². The summed E-state index contributed by atoms with van der Waals surface area (Å²) < 4.78 is 2.28. The number of fused-ring (bicyclic) bond motifs is 3. The summed E-state index contributed by atoms with van der Waals surface area (Å²) >= 11 is 0. The summed E-state index contributed by atoms with van der Waals surface area (Å²) in [7, 11) is 0. The van der Waals surface area contributed by atoms with Gasteiger partial charge in [0.05, 0.1) is 28.1 Å². The summed E-state index contributed by atoms with van der Waals surface area (Å²) in [5.41, 5.74) is 12.4. The lowest BCUT2D eigenvalue weighted by Crippen LogP contribution is -2.03. The van der Waals surface area contributed by atoms with Crippen LogP contribution in [-0.2, 0) is 0 Å². The van der Waals surface area contributed by atoms with E-state index in [1.807, 2.05) is 42.5 Å². The smallest absolute Gasteiger partial charge is 0.0862 e. The molecule has 0 aliphatic rings. The summed E-state index contributed by atoms with van der Waals surface area (Å²) in [5.74, 6) is 0. The summed E-state index contributed by atoms with van der Waals surface area (Å²) in [4.78, 5) is 0. The Labute approximate surface area is 157 Å². The zero-order valence-corrected chi connectivity index (χ0v) is 14.8. The van der Waals surface area contributed by atoms with Crippen LogP contribution in [0.15, 0.2) is 97.1 Å². The highest BCUT2D eigenvalue weighted by Crippen LogP contribution is 2.37. The highest BCUT2D eigenvalue weighted by atomic mass is 15.0. The zero-order valence-electron chi connectivity index (χ0n) is 14.8. The van der Waals surface area contributed by atoms with Crippen LogP contribution in [-0.4, -0.2) is 4.57 Å². The average molecular weight is 349 g/mol. The maximum atomic E-state index is 6.39. The van der Waals surface area contributed by atoms with Gasteiger partial charge in [-0.3, -0.25) is 0 Å². The summed E-state index contributed by atoms with van der Waals surface area (Å²) in [6, 6.07) is 33.2. The van der Waals surface area contributed by atoms with Gasteiger partial charge >= 0.3 is 0 Å². The Morgan fingerprint density at radius 2 is 1.19 bits per heavy atom. The second-order valence-electron chi connectivity index (χ2n) is 6.60. The zero-order chi connectivity index (χ0) is 18.2. The van der Waals surface area contributed by atoms with Gasteiger partial charge in [-0.25, -0.2) is 0 Å². The van der Waals surface area contributed by atoms with Crippen molar-refractivity contribution in [2.45, 2.75) is 0 Å². The molecule has 27 heavy (non-hydrogen) atoms. The van der Waals surface area contributed by atoms with E-state index >= 15 is 0 Å². The van der Waals surface area contributed by atoms with Crippen molar-refractivity contribution in [2.24, 2.45) is 0 Å².